The number of allylic oxidation sites excluding steroid dienone is 1. The first kappa shape index (κ1) is 14.2. The van der Waals surface area contributed by atoms with Crippen LogP contribution in [-0.2, 0) is 4.79 Å². The minimum absolute atomic E-state index is 0.0617. The second-order valence-electron chi connectivity index (χ2n) is 5.44. The zero-order chi connectivity index (χ0) is 14.7. The van der Waals surface area contributed by atoms with Gasteiger partial charge in [-0.1, -0.05) is 66.2 Å². The SMILES string of the molecule is Cc1ccc(C2=CC(c3ccccc3)C(C=O)CS2)cc1. The highest BCUT2D eigenvalue weighted by molar-refractivity contribution is 8.08. The zero-order valence-corrected chi connectivity index (χ0v) is 12.8. The molecular weight excluding hydrogens is 276 g/mol. The number of carbonyl (C=O) groups excluding carboxylic acids is 1. The van der Waals surface area contributed by atoms with E-state index in [4.69, 9.17) is 0 Å². The second kappa shape index (κ2) is 6.31. The van der Waals surface area contributed by atoms with Gasteiger partial charge >= 0.3 is 0 Å². The molecule has 0 radical (unpaired) electrons. The normalized spacial score (nSPS) is 21.7. The largest absolute Gasteiger partial charge is 0.303 e. The van der Waals surface area contributed by atoms with Crippen molar-refractivity contribution in [3.8, 4) is 0 Å². The average Bonchev–Trinajstić information content (AvgIpc) is 2.56. The van der Waals surface area contributed by atoms with Crippen molar-refractivity contribution in [2.75, 3.05) is 5.75 Å². The first-order valence-electron chi connectivity index (χ1n) is 7.20. The molecule has 3 rings (SSSR count). The lowest BCUT2D eigenvalue weighted by Crippen LogP contribution is -2.18. The maximum absolute atomic E-state index is 11.4. The summed E-state index contributed by atoms with van der Waals surface area (Å²) in [5, 5.41) is 0. The van der Waals surface area contributed by atoms with Crippen LogP contribution in [0.5, 0.6) is 0 Å². The van der Waals surface area contributed by atoms with Crippen LogP contribution in [-0.4, -0.2) is 12.0 Å². The van der Waals surface area contributed by atoms with Crippen LogP contribution in [0.4, 0.5) is 0 Å². The number of aldehydes is 1. The van der Waals surface area contributed by atoms with Gasteiger partial charge in [0.05, 0.1) is 0 Å². The smallest absolute Gasteiger partial charge is 0.124 e. The van der Waals surface area contributed by atoms with Gasteiger partial charge < -0.3 is 4.79 Å². The monoisotopic (exact) mass is 294 g/mol. The molecule has 1 aliphatic rings. The summed E-state index contributed by atoms with van der Waals surface area (Å²) < 4.78 is 0. The highest BCUT2D eigenvalue weighted by atomic mass is 32.2. The maximum Gasteiger partial charge on any atom is 0.124 e. The van der Waals surface area contributed by atoms with E-state index < -0.39 is 0 Å². The molecule has 0 bridgehead atoms. The molecule has 0 saturated carbocycles. The maximum atomic E-state index is 11.4. The van der Waals surface area contributed by atoms with Gasteiger partial charge in [0, 0.05) is 22.5 Å². The molecule has 2 aromatic rings. The third-order valence-corrected chi connectivity index (χ3v) is 5.15. The van der Waals surface area contributed by atoms with E-state index in [-0.39, 0.29) is 11.8 Å². The third kappa shape index (κ3) is 3.11. The number of carbonyl (C=O) groups is 1. The Morgan fingerprint density at radius 2 is 1.76 bits per heavy atom. The lowest BCUT2D eigenvalue weighted by Gasteiger charge is -2.26. The third-order valence-electron chi connectivity index (χ3n) is 3.92. The average molecular weight is 294 g/mol. The minimum Gasteiger partial charge on any atom is -0.303 e. The number of rotatable bonds is 3. The Labute approximate surface area is 130 Å². The lowest BCUT2D eigenvalue weighted by atomic mass is 9.87. The van der Waals surface area contributed by atoms with Crippen molar-refractivity contribution < 1.29 is 4.79 Å². The van der Waals surface area contributed by atoms with E-state index in [9.17, 15) is 4.79 Å². The van der Waals surface area contributed by atoms with Crippen LogP contribution >= 0.6 is 11.8 Å². The van der Waals surface area contributed by atoms with Crippen LogP contribution in [0.1, 0.15) is 22.6 Å². The number of benzene rings is 2. The Balaban J connectivity index is 1.97. The summed E-state index contributed by atoms with van der Waals surface area (Å²) in [6, 6.07) is 18.9. The summed E-state index contributed by atoms with van der Waals surface area (Å²) in [6.07, 6.45) is 3.36. The summed E-state index contributed by atoms with van der Waals surface area (Å²) in [5.74, 6) is 1.09. The fourth-order valence-corrected chi connectivity index (χ4v) is 3.87. The van der Waals surface area contributed by atoms with Crippen molar-refractivity contribution >= 4 is 23.0 Å². The predicted octanol–water partition coefficient (Wildman–Crippen LogP) is 4.68. The lowest BCUT2D eigenvalue weighted by molar-refractivity contribution is -0.110. The summed E-state index contributed by atoms with van der Waals surface area (Å²) >= 11 is 1.78. The van der Waals surface area contributed by atoms with Crippen LogP contribution in [0.15, 0.2) is 60.7 Å². The van der Waals surface area contributed by atoms with E-state index in [0.717, 1.165) is 12.0 Å². The highest BCUT2D eigenvalue weighted by Gasteiger charge is 2.26. The van der Waals surface area contributed by atoms with Crippen molar-refractivity contribution in [3.05, 3.63) is 77.4 Å². The van der Waals surface area contributed by atoms with Gasteiger partial charge in [-0.05, 0) is 18.1 Å². The van der Waals surface area contributed by atoms with E-state index >= 15 is 0 Å². The summed E-state index contributed by atoms with van der Waals surface area (Å²) in [5.41, 5.74) is 3.74. The van der Waals surface area contributed by atoms with Gasteiger partial charge in [-0.3, -0.25) is 0 Å². The van der Waals surface area contributed by atoms with Crippen molar-refractivity contribution in [1.82, 2.24) is 0 Å². The molecule has 2 unspecified atom stereocenters. The standard InChI is InChI=1S/C19H18OS/c1-14-7-9-16(10-8-14)19-11-18(17(12-20)13-21-19)15-5-3-2-4-6-15/h2-12,17-18H,13H2,1H3. The minimum atomic E-state index is 0.0617. The number of hydrogen-bond acceptors (Lipinski definition) is 2. The van der Waals surface area contributed by atoms with Crippen LogP contribution < -0.4 is 0 Å². The Bertz CT molecular complexity index is 643. The highest BCUT2D eigenvalue weighted by Crippen LogP contribution is 2.41. The topological polar surface area (TPSA) is 17.1 Å². The van der Waals surface area contributed by atoms with Gasteiger partial charge in [-0.15, -0.1) is 11.8 Å². The molecule has 0 aromatic heterocycles. The number of thioether (sulfide) groups is 1. The van der Waals surface area contributed by atoms with Crippen LogP contribution in [0.25, 0.3) is 4.91 Å². The summed E-state index contributed by atoms with van der Waals surface area (Å²) in [7, 11) is 0. The first-order chi connectivity index (χ1) is 10.3. The fraction of sp³-hybridized carbons (Fsp3) is 0.211. The molecule has 2 atom stereocenters. The quantitative estimate of drug-likeness (QED) is 0.764. The molecule has 1 nitrogen and oxygen atoms in total. The molecule has 1 aliphatic heterocycles. The van der Waals surface area contributed by atoms with Crippen LogP contribution in [0.3, 0.4) is 0 Å². The van der Waals surface area contributed by atoms with Gasteiger partial charge in [0.1, 0.15) is 6.29 Å². The van der Waals surface area contributed by atoms with Gasteiger partial charge in [-0.2, -0.15) is 0 Å². The van der Waals surface area contributed by atoms with E-state index in [0.29, 0.717) is 0 Å². The number of hydrogen-bond donors (Lipinski definition) is 0. The molecule has 0 N–H and O–H groups in total. The molecule has 106 valence electrons. The zero-order valence-electron chi connectivity index (χ0n) is 12.0. The van der Waals surface area contributed by atoms with Crippen molar-refractivity contribution in [3.63, 3.8) is 0 Å². The Morgan fingerprint density at radius 3 is 2.43 bits per heavy atom. The van der Waals surface area contributed by atoms with Gasteiger partial charge in [-0.25, -0.2) is 0 Å². The molecular formula is C19H18OS. The number of aryl methyl sites for hydroxylation is 1. The molecule has 0 saturated heterocycles. The molecule has 2 heteroatoms. The molecule has 0 fully saturated rings. The Kier molecular flexibility index (Phi) is 4.26. The van der Waals surface area contributed by atoms with E-state index in [1.807, 2.05) is 18.2 Å². The summed E-state index contributed by atoms with van der Waals surface area (Å²) in [6.45, 7) is 2.10. The van der Waals surface area contributed by atoms with Crippen LogP contribution in [0, 0.1) is 12.8 Å². The van der Waals surface area contributed by atoms with Crippen molar-refractivity contribution in [2.24, 2.45) is 5.92 Å². The molecule has 0 aliphatic carbocycles. The fourth-order valence-electron chi connectivity index (χ4n) is 2.66. The van der Waals surface area contributed by atoms with Crippen molar-refractivity contribution in [2.45, 2.75) is 12.8 Å². The Morgan fingerprint density at radius 1 is 1.05 bits per heavy atom. The molecule has 0 amide bonds. The van der Waals surface area contributed by atoms with Gasteiger partial charge in [0.15, 0.2) is 0 Å². The second-order valence-corrected chi connectivity index (χ2v) is 6.51. The van der Waals surface area contributed by atoms with Gasteiger partial charge in [0.2, 0.25) is 0 Å². The molecule has 21 heavy (non-hydrogen) atoms. The van der Waals surface area contributed by atoms with Crippen molar-refractivity contribution in [1.29, 1.82) is 0 Å². The van der Waals surface area contributed by atoms with E-state index in [1.54, 1.807) is 11.8 Å². The molecule has 2 aromatic carbocycles. The molecule has 1 heterocycles. The predicted molar refractivity (Wildman–Crippen MR) is 90.4 cm³/mol. The van der Waals surface area contributed by atoms with E-state index in [1.165, 1.54) is 21.6 Å². The van der Waals surface area contributed by atoms with E-state index in [2.05, 4.69) is 49.4 Å². The molecule has 0 spiro atoms. The first-order valence-corrected chi connectivity index (χ1v) is 8.18. The summed E-state index contributed by atoms with van der Waals surface area (Å²) in [4.78, 5) is 12.7. The Hall–Kier alpha value is -1.80. The van der Waals surface area contributed by atoms with Gasteiger partial charge in [0.25, 0.3) is 0 Å². The van der Waals surface area contributed by atoms with Crippen LogP contribution in [0.2, 0.25) is 0 Å².